The summed E-state index contributed by atoms with van der Waals surface area (Å²) in [5.74, 6) is 0.930. The number of nitrogens with zero attached hydrogens (tertiary/aromatic N) is 3. The fourth-order valence-corrected chi connectivity index (χ4v) is 2.73. The van der Waals surface area contributed by atoms with Crippen molar-refractivity contribution in [3.05, 3.63) is 35.8 Å². The minimum Gasteiger partial charge on any atom is -0.368 e. The van der Waals surface area contributed by atoms with E-state index in [2.05, 4.69) is 48.3 Å². The second kappa shape index (κ2) is 5.51. The molecule has 0 radical (unpaired) electrons. The van der Waals surface area contributed by atoms with Gasteiger partial charge in [0.15, 0.2) is 5.82 Å². The largest absolute Gasteiger partial charge is 0.368 e. The monoisotopic (exact) mass is 284 g/mol. The summed E-state index contributed by atoms with van der Waals surface area (Å²) in [6.07, 6.45) is 11.1. The zero-order chi connectivity index (χ0) is 14.9. The topological polar surface area (TPSA) is 42.2 Å². The molecule has 112 valence electrons. The van der Waals surface area contributed by atoms with E-state index in [0.29, 0.717) is 0 Å². The van der Waals surface area contributed by atoms with Crippen molar-refractivity contribution in [2.24, 2.45) is 0 Å². The maximum Gasteiger partial charge on any atom is 0.152 e. The second-order valence-corrected chi connectivity index (χ2v) is 6.82. The maximum absolute atomic E-state index is 4.66. The smallest absolute Gasteiger partial charge is 0.152 e. The fourth-order valence-electron chi connectivity index (χ4n) is 2.73. The summed E-state index contributed by atoms with van der Waals surface area (Å²) in [5, 5.41) is 8.12. The van der Waals surface area contributed by atoms with E-state index in [1.54, 1.807) is 5.57 Å². The van der Waals surface area contributed by atoms with E-state index in [1.165, 1.54) is 19.3 Å². The predicted octanol–water partition coefficient (Wildman–Crippen LogP) is 3.94. The van der Waals surface area contributed by atoms with Gasteiger partial charge < -0.3 is 5.32 Å². The summed E-state index contributed by atoms with van der Waals surface area (Å²) in [6, 6.07) is 2.14. The van der Waals surface area contributed by atoms with Crippen LogP contribution in [0.15, 0.2) is 30.1 Å². The van der Waals surface area contributed by atoms with Crippen LogP contribution in [0, 0.1) is 0 Å². The molecule has 0 amide bonds. The molecule has 0 fully saturated rings. The summed E-state index contributed by atoms with van der Waals surface area (Å²) in [6.45, 7) is 7.49. The summed E-state index contributed by atoms with van der Waals surface area (Å²) in [5.41, 5.74) is 3.79. The molecule has 2 aromatic heterocycles. The Morgan fingerprint density at radius 3 is 2.90 bits per heavy atom. The van der Waals surface area contributed by atoms with E-state index in [-0.39, 0.29) is 5.41 Å². The van der Waals surface area contributed by atoms with Gasteiger partial charge in [-0.05, 0) is 31.7 Å². The van der Waals surface area contributed by atoms with E-state index in [1.807, 2.05) is 16.9 Å². The van der Waals surface area contributed by atoms with Crippen LogP contribution >= 0.6 is 0 Å². The lowest BCUT2D eigenvalue weighted by molar-refractivity contribution is 0.562. The van der Waals surface area contributed by atoms with Crippen LogP contribution in [0.1, 0.15) is 52.1 Å². The van der Waals surface area contributed by atoms with E-state index >= 15 is 0 Å². The van der Waals surface area contributed by atoms with Gasteiger partial charge in [-0.3, -0.25) is 0 Å². The zero-order valence-electron chi connectivity index (χ0n) is 13.2. The molecule has 3 rings (SSSR count). The van der Waals surface area contributed by atoms with Gasteiger partial charge in [-0.2, -0.15) is 5.10 Å². The van der Waals surface area contributed by atoms with E-state index in [4.69, 9.17) is 0 Å². The lowest BCUT2D eigenvalue weighted by Crippen LogP contribution is -2.11. The molecule has 0 saturated heterocycles. The van der Waals surface area contributed by atoms with Crippen molar-refractivity contribution < 1.29 is 0 Å². The quantitative estimate of drug-likeness (QED) is 0.865. The van der Waals surface area contributed by atoms with E-state index in [9.17, 15) is 0 Å². The number of fused-ring (bicyclic) bond motifs is 1. The van der Waals surface area contributed by atoms with Crippen molar-refractivity contribution in [2.45, 2.75) is 51.9 Å². The SMILES string of the molecule is CC(C)(C)c1cc2c(NCCC3=CCCC3)nccn2n1. The second-order valence-electron chi connectivity index (χ2n) is 6.82. The van der Waals surface area contributed by atoms with Gasteiger partial charge in [-0.25, -0.2) is 9.50 Å². The van der Waals surface area contributed by atoms with Crippen molar-refractivity contribution in [1.29, 1.82) is 0 Å². The lowest BCUT2D eigenvalue weighted by Gasteiger charge is -2.13. The molecule has 2 heterocycles. The van der Waals surface area contributed by atoms with Crippen molar-refractivity contribution in [2.75, 3.05) is 11.9 Å². The number of nitrogens with one attached hydrogen (secondary N) is 1. The summed E-state index contributed by atoms with van der Waals surface area (Å²) >= 11 is 0. The molecule has 21 heavy (non-hydrogen) atoms. The number of allylic oxidation sites excluding steroid dienone is 1. The number of hydrogen-bond donors (Lipinski definition) is 1. The van der Waals surface area contributed by atoms with E-state index < -0.39 is 0 Å². The zero-order valence-corrected chi connectivity index (χ0v) is 13.2. The molecular weight excluding hydrogens is 260 g/mol. The van der Waals surface area contributed by atoms with Gasteiger partial charge in [-0.1, -0.05) is 32.4 Å². The summed E-state index contributed by atoms with van der Waals surface area (Å²) in [7, 11) is 0. The number of anilines is 1. The van der Waals surface area contributed by atoms with Crippen molar-refractivity contribution in [3.63, 3.8) is 0 Å². The van der Waals surface area contributed by atoms with Gasteiger partial charge in [0, 0.05) is 24.4 Å². The fraction of sp³-hybridized carbons (Fsp3) is 0.529. The molecule has 1 aliphatic carbocycles. The highest BCUT2D eigenvalue weighted by molar-refractivity contribution is 5.68. The maximum atomic E-state index is 4.66. The Bertz CT molecular complexity index is 661. The molecule has 1 N–H and O–H groups in total. The average Bonchev–Trinajstić information content (AvgIpc) is 3.06. The first-order chi connectivity index (χ1) is 10.0. The van der Waals surface area contributed by atoms with Crippen LogP contribution in [0.5, 0.6) is 0 Å². The summed E-state index contributed by atoms with van der Waals surface area (Å²) in [4.78, 5) is 4.47. The van der Waals surface area contributed by atoms with Crippen molar-refractivity contribution in [3.8, 4) is 0 Å². The Kier molecular flexibility index (Phi) is 3.70. The van der Waals surface area contributed by atoms with Crippen LogP contribution in [0.4, 0.5) is 5.82 Å². The Morgan fingerprint density at radius 1 is 1.33 bits per heavy atom. The van der Waals surface area contributed by atoms with Crippen LogP contribution in [0.2, 0.25) is 0 Å². The minimum atomic E-state index is 0.0535. The minimum absolute atomic E-state index is 0.0535. The van der Waals surface area contributed by atoms with Gasteiger partial charge in [-0.15, -0.1) is 0 Å². The van der Waals surface area contributed by atoms with Gasteiger partial charge >= 0.3 is 0 Å². The number of rotatable bonds is 4. The van der Waals surface area contributed by atoms with Crippen molar-refractivity contribution >= 4 is 11.3 Å². The first-order valence-corrected chi connectivity index (χ1v) is 7.81. The molecule has 2 aromatic rings. The molecule has 0 aliphatic heterocycles. The van der Waals surface area contributed by atoms with Crippen LogP contribution < -0.4 is 5.32 Å². The highest BCUT2D eigenvalue weighted by Crippen LogP contribution is 2.25. The molecule has 0 spiro atoms. The number of hydrogen-bond acceptors (Lipinski definition) is 3. The lowest BCUT2D eigenvalue weighted by atomic mass is 9.92. The van der Waals surface area contributed by atoms with Gasteiger partial charge in [0.05, 0.1) is 5.69 Å². The Morgan fingerprint density at radius 2 is 2.19 bits per heavy atom. The van der Waals surface area contributed by atoms with Gasteiger partial charge in [0.25, 0.3) is 0 Å². The van der Waals surface area contributed by atoms with Crippen LogP contribution in [-0.4, -0.2) is 21.1 Å². The molecule has 0 aromatic carbocycles. The third-order valence-electron chi connectivity index (χ3n) is 4.03. The number of aromatic nitrogens is 3. The van der Waals surface area contributed by atoms with Gasteiger partial charge in [0.2, 0.25) is 0 Å². The molecule has 0 saturated carbocycles. The highest BCUT2D eigenvalue weighted by atomic mass is 15.2. The van der Waals surface area contributed by atoms with Crippen molar-refractivity contribution in [1.82, 2.24) is 14.6 Å². The van der Waals surface area contributed by atoms with Crippen LogP contribution in [0.25, 0.3) is 5.52 Å². The highest BCUT2D eigenvalue weighted by Gasteiger charge is 2.19. The molecule has 4 heteroatoms. The molecule has 0 bridgehead atoms. The molecular formula is C17H24N4. The Balaban J connectivity index is 1.76. The predicted molar refractivity (Wildman–Crippen MR) is 86.7 cm³/mol. The first-order valence-electron chi connectivity index (χ1n) is 7.81. The normalized spacial score (nSPS) is 15.5. The Hall–Kier alpha value is -1.84. The third kappa shape index (κ3) is 3.09. The molecule has 0 atom stereocenters. The van der Waals surface area contributed by atoms with Gasteiger partial charge in [0.1, 0.15) is 5.52 Å². The molecule has 4 nitrogen and oxygen atoms in total. The van der Waals surface area contributed by atoms with Crippen LogP contribution in [0.3, 0.4) is 0 Å². The first kappa shape index (κ1) is 14.1. The molecule has 1 aliphatic rings. The van der Waals surface area contributed by atoms with E-state index in [0.717, 1.165) is 30.0 Å². The molecule has 0 unspecified atom stereocenters. The Labute approximate surface area is 126 Å². The standard InChI is InChI=1S/C17H24N4/c1-17(2,3)15-12-14-16(19-10-11-21(14)20-15)18-9-8-13-6-4-5-7-13/h6,10-12H,4-5,7-9H2,1-3H3,(H,18,19). The third-order valence-corrected chi connectivity index (χ3v) is 4.03. The summed E-state index contributed by atoms with van der Waals surface area (Å²) < 4.78 is 1.92. The van der Waals surface area contributed by atoms with Crippen LogP contribution in [-0.2, 0) is 5.41 Å². The average molecular weight is 284 g/mol.